The molecule has 0 bridgehead atoms. The second-order valence-electron chi connectivity index (χ2n) is 6.76. The SMILES string of the molecule is CN=C(NCCCOCC1CCCO1)NCC(C)c1ccc(C)cc1. The molecule has 0 aliphatic carbocycles. The Morgan fingerprint density at radius 3 is 2.80 bits per heavy atom. The monoisotopic (exact) mass is 347 g/mol. The van der Waals surface area contributed by atoms with E-state index in [0.717, 1.165) is 51.7 Å². The molecule has 1 aliphatic heterocycles. The van der Waals surface area contributed by atoms with Gasteiger partial charge in [-0.1, -0.05) is 36.8 Å². The van der Waals surface area contributed by atoms with Crippen molar-refractivity contribution < 1.29 is 9.47 Å². The number of rotatable bonds is 9. The van der Waals surface area contributed by atoms with Gasteiger partial charge >= 0.3 is 0 Å². The fourth-order valence-electron chi connectivity index (χ4n) is 2.85. The van der Waals surface area contributed by atoms with Crippen molar-refractivity contribution in [2.75, 3.05) is 40.0 Å². The number of guanidine groups is 1. The van der Waals surface area contributed by atoms with E-state index in [4.69, 9.17) is 9.47 Å². The number of nitrogens with one attached hydrogen (secondary N) is 2. The predicted octanol–water partition coefficient (Wildman–Crippen LogP) is 2.85. The summed E-state index contributed by atoms with van der Waals surface area (Å²) in [6, 6.07) is 8.72. The summed E-state index contributed by atoms with van der Waals surface area (Å²) in [7, 11) is 1.81. The molecule has 0 aromatic heterocycles. The quantitative estimate of drug-likeness (QED) is 0.410. The first-order valence-electron chi connectivity index (χ1n) is 9.39. The van der Waals surface area contributed by atoms with Crippen LogP contribution in [0.25, 0.3) is 0 Å². The van der Waals surface area contributed by atoms with Crippen molar-refractivity contribution in [3.63, 3.8) is 0 Å². The van der Waals surface area contributed by atoms with Crippen LogP contribution in [0.3, 0.4) is 0 Å². The van der Waals surface area contributed by atoms with E-state index in [1.165, 1.54) is 17.5 Å². The standard InChI is InChI=1S/C20H33N3O2/c1-16-7-9-18(10-8-16)17(2)14-23-20(21-3)22-11-5-12-24-15-19-6-4-13-25-19/h7-10,17,19H,4-6,11-15H2,1-3H3,(H2,21,22,23). The summed E-state index contributed by atoms with van der Waals surface area (Å²) >= 11 is 0. The fourth-order valence-corrected chi connectivity index (χ4v) is 2.85. The molecule has 2 atom stereocenters. The third-order valence-electron chi connectivity index (χ3n) is 4.53. The van der Waals surface area contributed by atoms with E-state index in [0.29, 0.717) is 12.0 Å². The number of ether oxygens (including phenoxy) is 2. The molecule has 1 heterocycles. The molecule has 5 heteroatoms. The summed E-state index contributed by atoms with van der Waals surface area (Å²) in [4.78, 5) is 4.28. The highest BCUT2D eigenvalue weighted by molar-refractivity contribution is 5.79. The average Bonchev–Trinajstić information content (AvgIpc) is 3.14. The molecule has 1 aromatic carbocycles. The molecule has 25 heavy (non-hydrogen) atoms. The smallest absolute Gasteiger partial charge is 0.190 e. The first kappa shape index (κ1) is 19.7. The highest BCUT2D eigenvalue weighted by Crippen LogP contribution is 2.14. The van der Waals surface area contributed by atoms with Gasteiger partial charge < -0.3 is 20.1 Å². The molecule has 2 rings (SSSR count). The van der Waals surface area contributed by atoms with Gasteiger partial charge in [-0.05, 0) is 37.7 Å². The van der Waals surface area contributed by atoms with Crippen molar-refractivity contribution in [3.8, 4) is 0 Å². The van der Waals surface area contributed by atoms with E-state index in [1.54, 1.807) is 7.05 Å². The zero-order valence-electron chi connectivity index (χ0n) is 15.9. The first-order chi connectivity index (χ1) is 12.2. The Labute approximate surface area is 152 Å². The van der Waals surface area contributed by atoms with E-state index in [-0.39, 0.29) is 0 Å². The molecule has 0 saturated carbocycles. The van der Waals surface area contributed by atoms with Crippen LogP contribution < -0.4 is 10.6 Å². The Bertz CT molecular complexity index is 510. The van der Waals surface area contributed by atoms with Crippen LogP contribution in [-0.2, 0) is 9.47 Å². The highest BCUT2D eigenvalue weighted by atomic mass is 16.5. The third-order valence-corrected chi connectivity index (χ3v) is 4.53. The molecule has 2 unspecified atom stereocenters. The molecular weight excluding hydrogens is 314 g/mol. The molecule has 1 saturated heterocycles. The Morgan fingerprint density at radius 1 is 1.32 bits per heavy atom. The molecule has 0 spiro atoms. The van der Waals surface area contributed by atoms with Crippen molar-refractivity contribution >= 4 is 5.96 Å². The maximum atomic E-state index is 5.67. The number of benzene rings is 1. The Hall–Kier alpha value is -1.59. The normalized spacial score (nSPS) is 19.0. The summed E-state index contributed by atoms with van der Waals surface area (Å²) < 4.78 is 11.2. The Balaban J connectivity index is 1.56. The summed E-state index contributed by atoms with van der Waals surface area (Å²) in [5, 5.41) is 6.74. The van der Waals surface area contributed by atoms with E-state index in [9.17, 15) is 0 Å². The van der Waals surface area contributed by atoms with Crippen LogP contribution in [0.1, 0.15) is 43.2 Å². The maximum absolute atomic E-state index is 5.67. The van der Waals surface area contributed by atoms with Gasteiger partial charge in [-0.15, -0.1) is 0 Å². The lowest BCUT2D eigenvalue weighted by Crippen LogP contribution is -2.39. The average molecular weight is 348 g/mol. The van der Waals surface area contributed by atoms with Gasteiger partial charge in [-0.25, -0.2) is 0 Å². The fraction of sp³-hybridized carbons (Fsp3) is 0.650. The summed E-state index contributed by atoms with van der Waals surface area (Å²) in [5.74, 6) is 1.28. The van der Waals surface area contributed by atoms with Crippen LogP contribution in [0.2, 0.25) is 0 Å². The number of nitrogens with zero attached hydrogens (tertiary/aromatic N) is 1. The van der Waals surface area contributed by atoms with Gasteiger partial charge in [-0.3, -0.25) is 4.99 Å². The molecule has 1 aromatic rings. The molecule has 1 aliphatic rings. The van der Waals surface area contributed by atoms with E-state index >= 15 is 0 Å². The molecule has 0 amide bonds. The van der Waals surface area contributed by atoms with Gasteiger partial charge in [-0.2, -0.15) is 0 Å². The lowest BCUT2D eigenvalue weighted by Gasteiger charge is -2.17. The van der Waals surface area contributed by atoms with Gasteiger partial charge in [0.1, 0.15) is 0 Å². The molecular formula is C20H33N3O2. The zero-order chi connectivity index (χ0) is 17.9. The van der Waals surface area contributed by atoms with Crippen molar-refractivity contribution in [1.82, 2.24) is 10.6 Å². The van der Waals surface area contributed by atoms with Crippen molar-refractivity contribution in [2.45, 2.75) is 45.1 Å². The maximum Gasteiger partial charge on any atom is 0.190 e. The van der Waals surface area contributed by atoms with Gasteiger partial charge in [0.2, 0.25) is 0 Å². The minimum atomic E-state index is 0.311. The highest BCUT2D eigenvalue weighted by Gasteiger charge is 2.14. The Morgan fingerprint density at radius 2 is 2.12 bits per heavy atom. The second kappa shape index (κ2) is 11.1. The molecule has 1 fully saturated rings. The summed E-state index contributed by atoms with van der Waals surface area (Å²) in [6.45, 7) is 8.42. The van der Waals surface area contributed by atoms with Crippen LogP contribution in [-0.4, -0.2) is 52.0 Å². The van der Waals surface area contributed by atoms with Crippen molar-refractivity contribution in [2.24, 2.45) is 4.99 Å². The minimum absolute atomic E-state index is 0.311. The van der Waals surface area contributed by atoms with Gasteiger partial charge in [0.25, 0.3) is 0 Å². The van der Waals surface area contributed by atoms with E-state index < -0.39 is 0 Å². The lowest BCUT2D eigenvalue weighted by atomic mass is 10.0. The second-order valence-corrected chi connectivity index (χ2v) is 6.76. The number of hydrogen-bond acceptors (Lipinski definition) is 3. The van der Waals surface area contributed by atoms with E-state index in [2.05, 4.69) is 53.7 Å². The Kier molecular flexibility index (Phi) is 8.77. The molecule has 5 nitrogen and oxygen atoms in total. The topological polar surface area (TPSA) is 54.9 Å². The first-order valence-corrected chi connectivity index (χ1v) is 9.39. The largest absolute Gasteiger partial charge is 0.379 e. The van der Waals surface area contributed by atoms with Crippen LogP contribution in [0.5, 0.6) is 0 Å². The number of aliphatic imine (C=N–C) groups is 1. The molecule has 2 N–H and O–H groups in total. The van der Waals surface area contributed by atoms with Gasteiger partial charge in [0.15, 0.2) is 5.96 Å². The van der Waals surface area contributed by atoms with Crippen LogP contribution in [0.4, 0.5) is 0 Å². The van der Waals surface area contributed by atoms with Crippen LogP contribution in [0, 0.1) is 6.92 Å². The molecule has 0 radical (unpaired) electrons. The molecule has 140 valence electrons. The van der Waals surface area contributed by atoms with Crippen molar-refractivity contribution in [1.29, 1.82) is 0 Å². The predicted molar refractivity (Wildman–Crippen MR) is 103 cm³/mol. The lowest BCUT2D eigenvalue weighted by molar-refractivity contribution is 0.0168. The van der Waals surface area contributed by atoms with Crippen LogP contribution >= 0.6 is 0 Å². The minimum Gasteiger partial charge on any atom is -0.379 e. The third kappa shape index (κ3) is 7.45. The summed E-state index contributed by atoms with van der Waals surface area (Å²) in [5.41, 5.74) is 2.64. The van der Waals surface area contributed by atoms with Gasteiger partial charge in [0.05, 0.1) is 12.7 Å². The zero-order valence-corrected chi connectivity index (χ0v) is 15.9. The van der Waals surface area contributed by atoms with Crippen molar-refractivity contribution in [3.05, 3.63) is 35.4 Å². The number of aryl methyl sites for hydroxylation is 1. The number of hydrogen-bond donors (Lipinski definition) is 2. The van der Waals surface area contributed by atoms with Gasteiger partial charge in [0, 0.05) is 33.4 Å². The van der Waals surface area contributed by atoms with E-state index in [1.807, 2.05) is 0 Å². The van der Waals surface area contributed by atoms with Crippen LogP contribution in [0.15, 0.2) is 29.3 Å². The summed E-state index contributed by atoms with van der Waals surface area (Å²) in [6.07, 6.45) is 3.57.